The molecule has 2 unspecified atom stereocenters. The molecule has 0 spiro atoms. The second-order valence-corrected chi connectivity index (χ2v) is 5.33. The summed E-state index contributed by atoms with van der Waals surface area (Å²) < 4.78 is 5.36. The van der Waals surface area contributed by atoms with Gasteiger partial charge in [0.2, 0.25) is 0 Å². The van der Waals surface area contributed by atoms with Gasteiger partial charge >= 0.3 is 0 Å². The molecule has 0 heterocycles. The van der Waals surface area contributed by atoms with Gasteiger partial charge in [-0.05, 0) is 61.8 Å². The lowest BCUT2D eigenvalue weighted by atomic mass is 9.89. The Balaban J connectivity index is 2.79. The van der Waals surface area contributed by atoms with Crippen LogP contribution in [0, 0.1) is 13.8 Å². The molecule has 18 heavy (non-hydrogen) atoms. The van der Waals surface area contributed by atoms with Gasteiger partial charge in [0.15, 0.2) is 0 Å². The summed E-state index contributed by atoms with van der Waals surface area (Å²) in [7, 11) is 1.73. The smallest absolute Gasteiger partial charge is 0.122 e. The summed E-state index contributed by atoms with van der Waals surface area (Å²) in [4.78, 5) is 0. The molecule has 0 radical (unpaired) electrons. The second kappa shape index (κ2) is 6.79. The molecule has 102 valence electrons. The van der Waals surface area contributed by atoms with E-state index in [1.807, 2.05) is 0 Å². The number of rotatable bonds is 6. The van der Waals surface area contributed by atoms with Crippen LogP contribution in [0.15, 0.2) is 12.1 Å². The van der Waals surface area contributed by atoms with Gasteiger partial charge in [-0.15, -0.1) is 0 Å². The van der Waals surface area contributed by atoms with Gasteiger partial charge in [-0.3, -0.25) is 0 Å². The van der Waals surface area contributed by atoms with E-state index in [0.29, 0.717) is 12.0 Å². The molecule has 2 heteroatoms. The molecule has 0 aliphatic carbocycles. The van der Waals surface area contributed by atoms with Crippen LogP contribution in [0.4, 0.5) is 0 Å². The topological polar surface area (TPSA) is 35.2 Å². The summed E-state index contributed by atoms with van der Waals surface area (Å²) in [5.74, 6) is 1.54. The fourth-order valence-corrected chi connectivity index (χ4v) is 2.39. The lowest BCUT2D eigenvalue weighted by molar-refractivity contribution is 0.411. The molecule has 2 atom stereocenters. The highest BCUT2D eigenvalue weighted by atomic mass is 16.5. The molecule has 0 amide bonds. The van der Waals surface area contributed by atoms with Crippen molar-refractivity contribution in [3.05, 3.63) is 28.8 Å². The van der Waals surface area contributed by atoms with Crippen molar-refractivity contribution in [3.8, 4) is 5.75 Å². The number of benzene rings is 1. The van der Waals surface area contributed by atoms with Crippen molar-refractivity contribution in [3.63, 3.8) is 0 Å². The van der Waals surface area contributed by atoms with Gasteiger partial charge < -0.3 is 10.5 Å². The maximum Gasteiger partial charge on any atom is 0.122 e. The Bertz CT molecular complexity index is 387. The highest BCUT2D eigenvalue weighted by Gasteiger charge is 2.12. The molecule has 0 saturated carbocycles. The Morgan fingerprint density at radius 2 is 1.83 bits per heavy atom. The van der Waals surface area contributed by atoms with Gasteiger partial charge in [0.25, 0.3) is 0 Å². The number of hydrogen-bond acceptors (Lipinski definition) is 2. The number of methoxy groups -OCH3 is 1. The molecule has 1 aromatic rings. The Labute approximate surface area is 112 Å². The molecule has 1 rings (SSSR count). The average Bonchev–Trinajstić information content (AvgIpc) is 2.37. The fourth-order valence-electron chi connectivity index (χ4n) is 2.39. The first-order valence-corrected chi connectivity index (χ1v) is 6.90. The molecule has 0 aliphatic heterocycles. The zero-order valence-corrected chi connectivity index (χ0v) is 12.4. The third-order valence-corrected chi connectivity index (χ3v) is 3.81. The zero-order valence-electron chi connectivity index (χ0n) is 12.4. The number of aryl methyl sites for hydroxylation is 2. The van der Waals surface area contributed by atoms with Gasteiger partial charge in [0.1, 0.15) is 5.75 Å². The first-order chi connectivity index (χ1) is 8.49. The molecule has 2 N–H and O–H groups in total. The minimum atomic E-state index is 0.340. The van der Waals surface area contributed by atoms with E-state index in [-0.39, 0.29) is 0 Å². The van der Waals surface area contributed by atoms with E-state index in [1.54, 1.807) is 7.11 Å². The SMILES string of the molecule is CCC(N)CCC(C)c1cc(C)c(OC)cc1C. The van der Waals surface area contributed by atoms with E-state index in [0.717, 1.165) is 25.0 Å². The molecular weight excluding hydrogens is 222 g/mol. The highest BCUT2D eigenvalue weighted by molar-refractivity contribution is 5.42. The Kier molecular flexibility index (Phi) is 5.67. The molecule has 0 saturated heterocycles. The molecule has 0 fully saturated rings. The fraction of sp³-hybridized carbons (Fsp3) is 0.625. The Morgan fingerprint density at radius 1 is 1.17 bits per heavy atom. The van der Waals surface area contributed by atoms with E-state index in [1.165, 1.54) is 16.7 Å². The van der Waals surface area contributed by atoms with E-state index < -0.39 is 0 Å². The van der Waals surface area contributed by atoms with Crippen LogP contribution >= 0.6 is 0 Å². The highest BCUT2D eigenvalue weighted by Crippen LogP contribution is 2.30. The van der Waals surface area contributed by atoms with Crippen molar-refractivity contribution >= 4 is 0 Å². The second-order valence-electron chi connectivity index (χ2n) is 5.33. The predicted molar refractivity (Wildman–Crippen MR) is 78.4 cm³/mol. The summed E-state index contributed by atoms with van der Waals surface area (Å²) in [6.07, 6.45) is 3.32. The van der Waals surface area contributed by atoms with Crippen molar-refractivity contribution in [2.75, 3.05) is 7.11 Å². The van der Waals surface area contributed by atoms with Gasteiger partial charge in [0, 0.05) is 6.04 Å². The van der Waals surface area contributed by atoms with Crippen LogP contribution in [0.2, 0.25) is 0 Å². The van der Waals surface area contributed by atoms with Gasteiger partial charge in [-0.2, -0.15) is 0 Å². The normalized spacial score (nSPS) is 14.3. The van der Waals surface area contributed by atoms with Crippen LogP contribution < -0.4 is 10.5 Å². The van der Waals surface area contributed by atoms with Crippen molar-refractivity contribution in [1.29, 1.82) is 0 Å². The summed E-state index contributed by atoms with van der Waals surface area (Å²) in [5, 5.41) is 0. The lowest BCUT2D eigenvalue weighted by Gasteiger charge is -2.18. The van der Waals surface area contributed by atoms with Crippen LogP contribution in [0.3, 0.4) is 0 Å². The third-order valence-electron chi connectivity index (χ3n) is 3.81. The van der Waals surface area contributed by atoms with Crippen LogP contribution in [0.25, 0.3) is 0 Å². The van der Waals surface area contributed by atoms with Crippen molar-refractivity contribution in [2.45, 2.75) is 58.9 Å². The minimum absolute atomic E-state index is 0.340. The Morgan fingerprint density at radius 3 is 2.39 bits per heavy atom. The maximum atomic E-state index is 5.99. The summed E-state index contributed by atoms with van der Waals surface area (Å²) in [6.45, 7) is 8.70. The molecular formula is C16H27NO. The number of nitrogens with two attached hydrogens (primary N) is 1. The molecule has 2 nitrogen and oxygen atoms in total. The van der Waals surface area contributed by atoms with Gasteiger partial charge in [-0.25, -0.2) is 0 Å². The van der Waals surface area contributed by atoms with Crippen molar-refractivity contribution in [2.24, 2.45) is 5.73 Å². The quantitative estimate of drug-likeness (QED) is 0.829. The van der Waals surface area contributed by atoms with Crippen LogP contribution in [-0.2, 0) is 0 Å². The van der Waals surface area contributed by atoms with E-state index in [4.69, 9.17) is 10.5 Å². The van der Waals surface area contributed by atoms with Gasteiger partial charge in [0.05, 0.1) is 7.11 Å². The first kappa shape index (κ1) is 15.0. The Hall–Kier alpha value is -1.02. The van der Waals surface area contributed by atoms with Crippen LogP contribution in [0.5, 0.6) is 5.75 Å². The molecule has 0 bridgehead atoms. The van der Waals surface area contributed by atoms with E-state index in [9.17, 15) is 0 Å². The van der Waals surface area contributed by atoms with Crippen LogP contribution in [-0.4, -0.2) is 13.2 Å². The summed E-state index contributed by atoms with van der Waals surface area (Å²) in [5.41, 5.74) is 9.95. The lowest BCUT2D eigenvalue weighted by Crippen LogP contribution is -2.19. The average molecular weight is 249 g/mol. The zero-order chi connectivity index (χ0) is 13.7. The largest absolute Gasteiger partial charge is 0.496 e. The monoisotopic (exact) mass is 249 g/mol. The van der Waals surface area contributed by atoms with Crippen molar-refractivity contribution < 1.29 is 4.74 Å². The summed E-state index contributed by atoms with van der Waals surface area (Å²) >= 11 is 0. The minimum Gasteiger partial charge on any atom is -0.496 e. The van der Waals surface area contributed by atoms with Gasteiger partial charge in [-0.1, -0.05) is 19.9 Å². The maximum absolute atomic E-state index is 5.99. The molecule has 0 aliphatic rings. The standard InChI is InChI=1S/C16H27NO/c1-6-14(17)8-7-11(2)15-9-13(4)16(18-5)10-12(15)3/h9-11,14H,6-8,17H2,1-5H3. The third kappa shape index (κ3) is 3.74. The number of hydrogen-bond donors (Lipinski definition) is 1. The number of ether oxygens (including phenoxy) is 1. The summed E-state index contributed by atoms with van der Waals surface area (Å²) in [6, 6.07) is 4.74. The van der Waals surface area contributed by atoms with E-state index in [2.05, 4.69) is 39.8 Å². The van der Waals surface area contributed by atoms with E-state index >= 15 is 0 Å². The molecule has 1 aromatic carbocycles. The first-order valence-electron chi connectivity index (χ1n) is 6.90. The van der Waals surface area contributed by atoms with Crippen LogP contribution in [0.1, 0.15) is 55.7 Å². The predicted octanol–water partition coefficient (Wildman–Crippen LogP) is 3.93. The molecule has 0 aromatic heterocycles. The van der Waals surface area contributed by atoms with Crippen molar-refractivity contribution in [1.82, 2.24) is 0 Å².